The zero-order chi connectivity index (χ0) is 13.8. The maximum Gasteiger partial charge on any atom is 0.243 e. The number of hydrogen-bond acceptors (Lipinski definition) is 4. The van der Waals surface area contributed by atoms with Gasteiger partial charge in [0.1, 0.15) is 4.90 Å². The van der Waals surface area contributed by atoms with E-state index in [-0.39, 0.29) is 11.0 Å². The molecule has 1 heterocycles. The minimum atomic E-state index is -3.46. The molecule has 0 aliphatic rings. The summed E-state index contributed by atoms with van der Waals surface area (Å²) in [5.41, 5.74) is 0.626. The van der Waals surface area contributed by atoms with E-state index in [1.54, 1.807) is 14.0 Å². The summed E-state index contributed by atoms with van der Waals surface area (Å²) >= 11 is 0. The first-order valence-corrected chi connectivity index (χ1v) is 7.43. The van der Waals surface area contributed by atoms with Crippen molar-refractivity contribution in [1.29, 1.82) is 0 Å². The number of aryl methyl sites for hydroxylation is 1. The van der Waals surface area contributed by atoms with Gasteiger partial charge in [0.05, 0.1) is 18.0 Å². The van der Waals surface area contributed by atoms with Crippen molar-refractivity contribution in [2.75, 3.05) is 13.2 Å². The van der Waals surface area contributed by atoms with E-state index in [4.69, 9.17) is 4.74 Å². The lowest BCUT2D eigenvalue weighted by atomic mass is 10.4. The molecule has 1 aromatic heterocycles. The summed E-state index contributed by atoms with van der Waals surface area (Å²) in [5, 5.41) is 3.92. The van der Waals surface area contributed by atoms with Gasteiger partial charge in [0.2, 0.25) is 10.0 Å². The third kappa shape index (κ3) is 4.08. The van der Waals surface area contributed by atoms with Gasteiger partial charge in [-0.15, -0.1) is 0 Å². The van der Waals surface area contributed by atoms with E-state index in [2.05, 4.69) is 9.82 Å². The van der Waals surface area contributed by atoms with E-state index in [0.29, 0.717) is 25.3 Å². The summed E-state index contributed by atoms with van der Waals surface area (Å²) in [5.74, 6) is 0. The normalized spacial score (nSPS) is 12.3. The lowest BCUT2D eigenvalue weighted by molar-refractivity contribution is 0.0778. The van der Waals surface area contributed by atoms with E-state index in [9.17, 15) is 8.42 Å². The number of nitrogens with one attached hydrogen (secondary N) is 1. The third-order valence-corrected chi connectivity index (χ3v) is 4.11. The first kappa shape index (κ1) is 15.1. The fourth-order valence-corrected chi connectivity index (χ4v) is 2.69. The number of ether oxygens (including phenoxy) is 1. The monoisotopic (exact) mass is 275 g/mol. The van der Waals surface area contributed by atoms with Crippen LogP contribution in [0.1, 0.15) is 26.0 Å². The van der Waals surface area contributed by atoms with Crippen LogP contribution in [-0.2, 0) is 21.8 Å². The van der Waals surface area contributed by atoms with Crippen molar-refractivity contribution in [3.8, 4) is 0 Å². The van der Waals surface area contributed by atoms with Gasteiger partial charge >= 0.3 is 0 Å². The Balaban J connectivity index is 2.48. The van der Waals surface area contributed by atoms with Crippen LogP contribution in [-0.4, -0.2) is 37.5 Å². The third-order valence-electron chi connectivity index (χ3n) is 2.54. The zero-order valence-electron chi connectivity index (χ0n) is 11.3. The van der Waals surface area contributed by atoms with E-state index < -0.39 is 10.0 Å². The van der Waals surface area contributed by atoms with Gasteiger partial charge in [0, 0.05) is 20.2 Å². The number of hydrogen-bond donors (Lipinski definition) is 1. The van der Waals surface area contributed by atoms with E-state index in [1.165, 1.54) is 10.9 Å². The standard InChI is InChI=1S/C11H21N3O3S/c1-9(2)17-7-5-6-13-18(15,16)11-8-12-14(4)10(11)3/h8-9,13H,5-7H2,1-4H3. The Labute approximate surface area is 108 Å². The number of aromatic nitrogens is 2. The molecule has 0 bridgehead atoms. The van der Waals surface area contributed by atoms with Gasteiger partial charge in [-0.1, -0.05) is 0 Å². The molecule has 0 aromatic carbocycles. The van der Waals surface area contributed by atoms with Crippen LogP contribution in [0, 0.1) is 6.92 Å². The van der Waals surface area contributed by atoms with Crippen molar-refractivity contribution >= 4 is 10.0 Å². The Bertz CT molecular complexity index is 480. The second-order valence-corrected chi connectivity index (χ2v) is 6.12. The lowest BCUT2D eigenvalue weighted by Crippen LogP contribution is -2.26. The summed E-state index contributed by atoms with van der Waals surface area (Å²) in [6.07, 6.45) is 2.18. The van der Waals surface area contributed by atoms with E-state index in [0.717, 1.165) is 0 Å². The van der Waals surface area contributed by atoms with E-state index in [1.807, 2.05) is 13.8 Å². The molecule has 0 aliphatic carbocycles. The summed E-state index contributed by atoms with van der Waals surface area (Å²) in [6.45, 7) is 6.53. The molecule has 18 heavy (non-hydrogen) atoms. The molecule has 7 heteroatoms. The maximum absolute atomic E-state index is 12.0. The number of rotatable bonds is 7. The second-order valence-electron chi connectivity index (χ2n) is 4.39. The highest BCUT2D eigenvalue weighted by atomic mass is 32.2. The molecule has 0 atom stereocenters. The van der Waals surface area contributed by atoms with Crippen molar-refractivity contribution in [3.05, 3.63) is 11.9 Å². The van der Waals surface area contributed by atoms with Gasteiger partial charge in [-0.2, -0.15) is 5.10 Å². The van der Waals surface area contributed by atoms with Crippen LogP contribution >= 0.6 is 0 Å². The molecular weight excluding hydrogens is 254 g/mol. The highest BCUT2D eigenvalue weighted by Crippen LogP contribution is 2.12. The Kier molecular flexibility index (Phi) is 5.30. The van der Waals surface area contributed by atoms with Crippen molar-refractivity contribution in [3.63, 3.8) is 0 Å². The molecule has 1 aromatic rings. The van der Waals surface area contributed by atoms with Gasteiger partial charge in [-0.25, -0.2) is 13.1 Å². The molecule has 0 fully saturated rings. The second kappa shape index (κ2) is 6.31. The van der Waals surface area contributed by atoms with Crippen LogP contribution < -0.4 is 4.72 Å². The summed E-state index contributed by atoms with van der Waals surface area (Å²) < 4.78 is 33.3. The Morgan fingerprint density at radius 3 is 2.67 bits per heavy atom. The quantitative estimate of drug-likeness (QED) is 0.748. The van der Waals surface area contributed by atoms with Gasteiger partial charge in [0.25, 0.3) is 0 Å². The van der Waals surface area contributed by atoms with Gasteiger partial charge in [-0.3, -0.25) is 4.68 Å². The van der Waals surface area contributed by atoms with Crippen LogP contribution in [0.5, 0.6) is 0 Å². The molecule has 0 saturated heterocycles. The van der Waals surface area contributed by atoms with Crippen molar-refractivity contribution in [1.82, 2.24) is 14.5 Å². The van der Waals surface area contributed by atoms with E-state index >= 15 is 0 Å². The first-order chi connectivity index (χ1) is 8.34. The molecular formula is C11H21N3O3S. The fraction of sp³-hybridized carbons (Fsp3) is 0.727. The van der Waals surface area contributed by atoms with Gasteiger partial charge in [-0.05, 0) is 27.2 Å². The minimum Gasteiger partial charge on any atom is -0.379 e. The van der Waals surface area contributed by atoms with Crippen LogP contribution in [0.25, 0.3) is 0 Å². The highest BCUT2D eigenvalue weighted by Gasteiger charge is 2.19. The Hall–Kier alpha value is -0.920. The predicted molar refractivity (Wildman–Crippen MR) is 68.8 cm³/mol. The molecule has 0 saturated carbocycles. The zero-order valence-corrected chi connectivity index (χ0v) is 12.1. The first-order valence-electron chi connectivity index (χ1n) is 5.94. The Morgan fingerprint density at radius 2 is 2.17 bits per heavy atom. The number of nitrogens with zero attached hydrogens (tertiary/aromatic N) is 2. The smallest absolute Gasteiger partial charge is 0.243 e. The average molecular weight is 275 g/mol. The van der Waals surface area contributed by atoms with Crippen molar-refractivity contribution < 1.29 is 13.2 Å². The molecule has 0 spiro atoms. The molecule has 0 aliphatic heterocycles. The van der Waals surface area contributed by atoms with Gasteiger partial charge in [0.15, 0.2) is 0 Å². The van der Waals surface area contributed by atoms with Crippen LogP contribution in [0.3, 0.4) is 0 Å². The topological polar surface area (TPSA) is 73.2 Å². The SMILES string of the molecule is Cc1c(S(=O)(=O)NCCCOC(C)C)cnn1C. The largest absolute Gasteiger partial charge is 0.379 e. The van der Waals surface area contributed by atoms with Crippen LogP contribution in [0.2, 0.25) is 0 Å². The molecule has 0 radical (unpaired) electrons. The molecule has 6 nitrogen and oxygen atoms in total. The van der Waals surface area contributed by atoms with Crippen LogP contribution in [0.15, 0.2) is 11.1 Å². The summed E-state index contributed by atoms with van der Waals surface area (Å²) in [7, 11) is -1.75. The molecule has 104 valence electrons. The maximum atomic E-state index is 12.0. The molecule has 0 amide bonds. The molecule has 0 unspecified atom stereocenters. The lowest BCUT2D eigenvalue weighted by Gasteiger charge is -2.08. The Morgan fingerprint density at radius 1 is 1.50 bits per heavy atom. The predicted octanol–water partition coefficient (Wildman–Crippen LogP) is 0.822. The average Bonchev–Trinajstić information content (AvgIpc) is 2.59. The summed E-state index contributed by atoms with van der Waals surface area (Å²) in [6, 6.07) is 0. The molecule has 1 rings (SSSR count). The number of sulfonamides is 1. The van der Waals surface area contributed by atoms with Gasteiger partial charge < -0.3 is 4.74 Å². The van der Waals surface area contributed by atoms with Crippen molar-refractivity contribution in [2.24, 2.45) is 7.05 Å². The summed E-state index contributed by atoms with van der Waals surface area (Å²) in [4.78, 5) is 0.231. The molecule has 1 N–H and O–H groups in total. The van der Waals surface area contributed by atoms with Crippen LogP contribution in [0.4, 0.5) is 0 Å². The highest BCUT2D eigenvalue weighted by molar-refractivity contribution is 7.89. The minimum absolute atomic E-state index is 0.169. The van der Waals surface area contributed by atoms with Crippen molar-refractivity contribution in [2.45, 2.75) is 38.2 Å². The fourth-order valence-electron chi connectivity index (χ4n) is 1.42.